The van der Waals surface area contributed by atoms with Gasteiger partial charge < -0.3 is 14.9 Å². The summed E-state index contributed by atoms with van der Waals surface area (Å²) in [6.07, 6.45) is 0. The van der Waals surface area contributed by atoms with Gasteiger partial charge in [-0.15, -0.1) is 0 Å². The Morgan fingerprint density at radius 3 is 2.43 bits per heavy atom. The number of nitrogens with zero attached hydrogens (tertiary/aromatic N) is 1. The van der Waals surface area contributed by atoms with Gasteiger partial charge in [-0.2, -0.15) is 0 Å². The Hall–Kier alpha value is -0.835. The van der Waals surface area contributed by atoms with Gasteiger partial charge in [0.25, 0.3) is 0 Å². The summed E-state index contributed by atoms with van der Waals surface area (Å²) in [6.45, 7) is 2.83. The van der Waals surface area contributed by atoms with Gasteiger partial charge in [0, 0.05) is 6.54 Å². The molecule has 0 bridgehead atoms. The zero-order chi connectivity index (χ0) is 10.7. The molecule has 0 saturated carbocycles. The molecule has 0 heterocycles. The van der Waals surface area contributed by atoms with Gasteiger partial charge in [0.2, 0.25) is 0 Å². The zero-order valence-corrected chi connectivity index (χ0v) is 8.86. The average molecular weight is 193 g/mol. The number of hydrogen-bond acceptors (Lipinski definition) is 3. The van der Waals surface area contributed by atoms with Crippen LogP contribution < -0.4 is 5.46 Å². The number of benzene rings is 1. The molecule has 0 aromatic heterocycles. The third kappa shape index (κ3) is 2.84. The fraction of sp³-hybridized carbons (Fsp3) is 0.400. The highest BCUT2D eigenvalue weighted by molar-refractivity contribution is 6.58. The molecule has 0 aliphatic rings. The first kappa shape index (κ1) is 11.2. The normalized spacial score (nSPS) is 10.7. The van der Waals surface area contributed by atoms with Gasteiger partial charge in [-0.1, -0.05) is 18.2 Å². The third-order valence-corrected chi connectivity index (χ3v) is 2.16. The van der Waals surface area contributed by atoms with E-state index in [9.17, 15) is 0 Å². The summed E-state index contributed by atoms with van der Waals surface area (Å²) in [7, 11) is 2.60. The fourth-order valence-corrected chi connectivity index (χ4v) is 1.36. The highest BCUT2D eigenvalue weighted by atomic mass is 16.4. The van der Waals surface area contributed by atoms with Crippen molar-refractivity contribution >= 4 is 12.6 Å². The molecule has 0 radical (unpaired) electrons. The van der Waals surface area contributed by atoms with Crippen LogP contribution in [0.4, 0.5) is 0 Å². The van der Waals surface area contributed by atoms with E-state index in [0.29, 0.717) is 5.46 Å². The van der Waals surface area contributed by atoms with Crippen LogP contribution in [-0.4, -0.2) is 36.2 Å². The van der Waals surface area contributed by atoms with Crippen LogP contribution in [-0.2, 0) is 6.54 Å². The number of aryl methyl sites for hydroxylation is 1. The number of rotatable bonds is 3. The minimum Gasteiger partial charge on any atom is -0.423 e. The van der Waals surface area contributed by atoms with E-state index in [1.807, 2.05) is 33.2 Å². The Morgan fingerprint density at radius 1 is 1.29 bits per heavy atom. The molecular weight excluding hydrogens is 177 g/mol. The Labute approximate surface area is 85.1 Å². The first-order valence-corrected chi connectivity index (χ1v) is 4.61. The van der Waals surface area contributed by atoms with Crippen molar-refractivity contribution < 1.29 is 10.0 Å². The summed E-state index contributed by atoms with van der Waals surface area (Å²) < 4.78 is 0. The molecule has 0 atom stereocenters. The lowest BCUT2D eigenvalue weighted by molar-refractivity contribution is 0.401. The third-order valence-electron chi connectivity index (χ3n) is 2.16. The maximum atomic E-state index is 9.02. The molecule has 0 saturated heterocycles. The molecular formula is C10H16BNO2. The molecule has 0 fully saturated rings. The maximum Gasteiger partial charge on any atom is 0.488 e. The van der Waals surface area contributed by atoms with Crippen LogP contribution in [0.5, 0.6) is 0 Å². The highest BCUT2D eigenvalue weighted by Crippen LogP contribution is 2.07. The van der Waals surface area contributed by atoms with Crippen LogP contribution in [0.1, 0.15) is 11.1 Å². The van der Waals surface area contributed by atoms with Crippen molar-refractivity contribution in [3.63, 3.8) is 0 Å². The quantitative estimate of drug-likeness (QED) is 0.650. The second-order valence-corrected chi connectivity index (χ2v) is 3.80. The van der Waals surface area contributed by atoms with Gasteiger partial charge in [0.1, 0.15) is 0 Å². The first-order valence-electron chi connectivity index (χ1n) is 4.61. The molecule has 14 heavy (non-hydrogen) atoms. The van der Waals surface area contributed by atoms with Gasteiger partial charge >= 0.3 is 7.12 Å². The first-order chi connectivity index (χ1) is 6.50. The maximum absolute atomic E-state index is 9.02. The smallest absolute Gasteiger partial charge is 0.423 e. The van der Waals surface area contributed by atoms with Crippen LogP contribution in [0.3, 0.4) is 0 Å². The zero-order valence-electron chi connectivity index (χ0n) is 8.86. The van der Waals surface area contributed by atoms with E-state index in [1.54, 1.807) is 6.07 Å². The standard InChI is InChI=1S/C10H16BNO2/c1-8-4-5-10(11(13)14)6-9(8)7-12(2)3/h4-6,13-14H,7H2,1-3H3. The highest BCUT2D eigenvalue weighted by Gasteiger charge is 2.12. The monoisotopic (exact) mass is 193 g/mol. The number of hydrogen-bond donors (Lipinski definition) is 2. The van der Waals surface area contributed by atoms with E-state index in [1.165, 1.54) is 5.56 Å². The van der Waals surface area contributed by atoms with E-state index in [4.69, 9.17) is 10.0 Å². The van der Waals surface area contributed by atoms with E-state index < -0.39 is 7.12 Å². The van der Waals surface area contributed by atoms with Gasteiger partial charge in [-0.3, -0.25) is 0 Å². The average Bonchev–Trinajstić information content (AvgIpc) is 2.07. The summed E-state index contributed by atoms with van der Waals surface area (Å²) in [6, 6.07) is 5.48. The minimum absolute atomic E-state index is 0.549. The summed E-state index contributed by atoms with van der Waals surface area (Å²) >= 11 is 0. The van der Waals surface area contributed by atoms with Crippen molar-refractivity contribution in [2.24, 2.45) is 0 Å². The molecule has 0 aliphatic carbocycles. The van der Waals surface area contributed by atoms with Crippen molar-refractivity contribution in [3.05, 3.63) is 29.3 Å². The summed E-state index contributed by atoms with van der Waals surface area (Å²) in [4.78, 5) is 2.05. The fourth-order valence-electron chi connectivity index (χ4n) is 1.36. The Balaban J connectivity index is 2.96. The van der Waals surface area contributed by atoms with Crippen LogP contribution in [0, 0.1) is 6.92 Å². The van der Waals surface area contributed by atoms with Crippen molar-refractivity contribution in [2.45, 2.75) is 13.5 Å². The molecule has 0 unspecified atom stereocenters. The van der Waals surface area contributed by atoms with Crippen LogP contribution in [0.25, 0.3) is 0 Å². The van der Waals surface area contributed by atoms with Crippen LogP contribution >= 0.6 is 0 Å². The van der Waals surface area contributed by atoms with E-state index in [0.717, 1.165) is 12.1 Å². The predicted molar refractivity (Wildman–Crippen MR) is 58.4 cm³/mol. The topological polar surface area (TPSA) is 43.7 Å². The molecule has 2 N–H and O–H groups in total. The Bertz CT molecular complexity index is 313. The van der Waals surface area contributed by atoms with Crippen LogP contribution in [0.2, 0.25) is 0 Å². The van der Waals surface area contributed by atoms with E-state index in [2.05, 4.69) is 4.90 Å². The largest absolute Gasteiger partial charge is 0.488 e. The SMILES string of the molecule is Cc1ccc(B(O)O)cc1CN(C)C. The second-order valence-electron chi connectivity index (χ2n) is 3.80. The summed E-state index contributed by atoms with van der Waals surface area (Å²) in [5, 5.41) is 18.0. The lowest BCUT2D eigenvalue weighted by Crippen LogP contribution is -2.30. The molecule has 1 aromatic rings. The molecule has 0 aliphatic heterocycles. The molecule has 0 amide bonds. The molecule has 0 spiro atoms. The van der Waals surface area contributed by atoms with Crippen molar-refractivity contribution in [1.82, 2.24) is 4.90 Å². The van der Waals surface area contributed by atoms with E-state index >= 15 is 0 Å². The second kappa shape index (κ2) is 4.60. The Morgan fingerprint density at radius 2 is 1.93 bits per heavy atom. The van der Waals surface area contributed by atoms with Crippen LogP contribution in [0.15, 0.2) is 18.2 Å². The van der Waals surface area contributed by atoms with Crippen molar-refractivity contribution in [3.8, 4) is 0 Å². The minimum atomic E-state index is -1.38. The van der Waals surface area contributed by atoms with Crippen molar-refractivity contribution in [2.75, 3.05) is 14.1 Å². The summed E-state index contributed by atoms with van der Waals surface area (Å²) in [5.74, 6) is 0. The summed E-state index contributed by atoms with van der Waals surface area (Å²) in [5.41, 5.74) is 2.84. The molecule has 1 rings (SSSR count). The van der Waals surface area contributed by atoms with Gasteiger partial charge in [-0.25, -0.2) is 0 Å². The lowest BCUT2D eigenvalue weighted by atomic mass is 9.79. The Kier molecular flexibility index (Phi) is 3.69. The molecule has 76 valence electrons. The predicted octanol–water partition coefficient (Wildman–Crippen LogP) is -0.264. The molecule has 4 heteroatoms. The van der Waals surface area contributed by atoms with Gasteiger partial charge in [0.05, 0.1) is 0 Å². The molecule has 3 nitrogen and oxygen atoms in total. The molecule has 1 aromatic carbocycles. The lowest BCUT2D eigenvalue weighted by Gasteiger charge is -2.13. The van der Waals surface area contributed by atoms with Gasteiger partial charge in [-0.05, 0) is 37.6 Å². The van der Waals surface area contributed by atoms with Gasteiger partial charge in [0.15, 0.2) is 0 Å². The van der Waals surface area contributed by atoms with E-state index in [-0.39, 0.29) is 0 Å². The van der Waals surface area contributed by atoms with Crippen molar-refractivity contribution in [1.29, 1.82) is 0 Å².